The standard InChI is InChI=1S/C10H18N2OS/c11-9(14)5-2-6-12-10(13)7-8-3-1-4-8/h8H,1-7H2,(H2,11,14)(H,12,13). The van der Waals surface area contributed by atoms with Crippen molar-refractivity contribution < 1.29 is 4.79 Å². The molecule has 3 N–H and O–H groups in total. The highest BCUT2D eigenvalue weighted by Gasteiger charge is 2.20. The Morgan fingerprint density at radius 1 is 1.50 bits per heavy atom. The summed E-state index contributed by atoms with van der Waals surface area (Å²) in [7, 11) is 0. The van der Waals surface area contributed by atoms with E-state index in [2.05, 4.69) is 5.32 Å². The van der Waals surface area contributed by atoms with Crippen molar-refractivity contribution >= 4 is 23.1 Å². The molecule has 3 nitrogen and oxygen atoms in total. The molecule has 1 aliphatic rings. The van der Waals surface area contributed by atoms with Gasteiger partial charge in [-0.1, -0.05) is 18.6 Å². The monoisotopic (exact) mass is 214 g/mol. The van der Waals surface area contributed by atoms with Crippen LogP contribution in [0, 0.1) is 5.92 Å². The Labute approximate surface area is 90.4 Å². The first-order valence-corrected chi connectivity index (χ1v) is 5.64. The maximum absolute atomic E-state index is 11.3. The van der Waals surface area contributed by atoms with Gasteiger partial charge in [-0.3, -0.25) is 4.79 Å². The Bertz CT molecular complexity index is 214. The molecule has 1 fully saturated rings. The molecule has 1 aliphatic carbocycles. The van der Waals surface area contributed by atoms with Gasteiger partial charge in [0.05, 0.1) is 4.99 Å². The van der Waals surface area contributed by atoms with E-state index in [1.54, 1.807) is 0 Å². The largest absolute Gasteiger partial charge is 0.393 e. The molecule has 0 unspecified atom stereocenters. The van der Waals surface area contributed by atoms with Crippen LogP contribution in [0.2, 0.25) is 0 Å². The summed E-state index contributed by atoms with van der Waals surface area (Å²) in [6.45, 7) is 0.697. The Hall–Kier alpha value is -0.640. The van der Waals surface area contributed by atoms with Gasteiger partial charge in [-0.15, -0.1) is 0 Å². The zero-order valence-corrected chi connectivity index (χ0v) is 9.24. The molecule has 4 heteroatoms. The number of amides is 1. The van der Waals surface area contributed by atoms with E-state index in [1.165, 1.54) is 19.3 Å². The molecule has 0 spiro atoms. The van der Waals surface area contributed by atoms with E-state index in [0.717, 1.165) is 12.8 Å². The fourth-order valence-electron chi connectivity index (χ4n) is 1.52. The van der Waals surface area contributed by atoms with E-state index in [1.807, 2.05) is 0 Å². The molecule has 0 aliphatic heterocycles. The quantitative estimate of drug-likeness (QED) is 0.518. The van der Waals surface area contributed by atoms with Gasteiger partial charge in [0.25, 0.3) is 0 Å². The van der Waals surface area contributed by atoms with E-state index in [0.29, 0.717) is 23.9 Å². The van der Waals surface area contributed by atoms with E-state index >= 15 is 0 Å². The van der Waals surface area contributed by atoms with Crippen molar-refractivity contribution in [3.63, 3.8) is 0 Å². The van der Waals surface area contributed by atoms with Gasteiger partial charge in [0.1, 0.15) is 0 Å². The number of carbonyl (C=O) groups is 1. The lowest BCUT2D eigenvalue weighted by atomic mass is 9.83. The first kappa shape index (κ1) is 11.4. The average Bonchev–Trinajstić information content (AvgIpc) is 2.05. The lowest BCUT2D eigenvalue weighted by Gasteiger charge is -2.24. The molecule has 0 atom stereocenters. The second-order valence-corrected chi connectivity index (χ2v) is 4.45. The fraction of sp³-hybridized carbons (Fsp3) is 0.800. The van der Waals surface area contributed by atoms with Gasteiger partial charge in [0.15, 0.2) is 0 Å². The number of hydrogen-bond donors (Lipinski definition) is 2. The number of rotatable bonds is 6. The summed E-state index contributed by atoms with van der Waals surface area (Å²) in [6.07, 6.45) is 6.01. The zero-order valence-electron chi connectivity index (χ0n) is 8.42. The third-order valence-corrected chi connectivity index (χ3v) is 2.83. The van der Waals surface area contributed by atoms with Crippen molar-refractivity contribution in [2.45, 2.75) is 38.5 Å². The van der Waals surface area contributed by atoms with E-state index in [9.17, 15) is 4.79 Å². The molecule has 0 bridgehead atoms. The lowest BCUT2D eigenvalue weighted by molar-refractivity contribution is -0.122. The Balaban J connectivity index is 1.94. The summed E-state index contributed by atoms with van der Waals surface area (Å²) in [5.41, 5.74) is 5.34. The maximum atomic E-state index is 11.3. The first-order chi connectivity index (χ1) is 6.68. The van der Waals surface area contributed by atoms with Crippen molar-refractivity contribution in [1.29, 1.82) is 0 Å². The molecule has 0 heterocycles. The van der Waals surface area contributed by atoms with Crippen molar-refractivity contribution in [2.24, 2.45) is 11.7 Å². The average molecular weight is 214 g/mol. The minimum atomic E-state index is 0.178. The van der Waals surface area contributed by atoms with Crippen molar-refractivity contribution in [3.8, 4) is 0 Å². The van der Waals surface area contributed by atoms with Crippen LogP contribution in [0.5, 0.6) is 0 Å². The predicted molar refractivity (Wildman–Crippen MR) is 61.0 cm³/mol. The SMILES string of the molecule is NC(=S)CCCNC(=O)CC1CCC1. The van der Waals surface area contributed by atoms with Crippen molar-refractivity contribution in [1.82, 2.24) is 5.32 Å². The highest BCUT2D eigenvalue weighted by atomic mass is 32.1. The maximum Gasteiger partial charge on any atom is 0.220 e. The number of thiocarbonyl (C=S) groups is 1. The van der Waals surface area contributed by atoms with Crippen LogP contribution in [-0.2, 0) is 4.79 Å². The molecule has 1 rings (SSSR count). The van der Waals surface area contributed by atoms with Gasteiger partial charge in [0, 0.05) is 13.0 Å². The fourth-order valence-corrected chi connectivity index (χ4v) is 1.67. The third kappa shape index (κ3) is 4.56. The minimum absolute atomic E-state index is 0.178. The number of nitrogens with one attached hydrogen (secondary N) is 1. The van der Waals surface area contributed by atoms with Crippen molar-refractivity contribution in [2.75, 3.05) is 6.54 Å². The van der Waals surface area contributed by atoms with Gasteiger partial charge < -0.3 is 11.1 Å². The van der Waals surface area contributed by atoms with Crippen LogP contribution in [0.25, 0.3) is 0 Å². The van der Waals surface area contributed by atoms with Gasteiger partial charge in [0.2, 0.25) is 5.91 Å². The lowest BCUT2D eigenvalue weighted by Crippen LogP contribution is -2.28. The van der Waals surface area contributed by atoms with E-state index < -0.39 is 0 Å². The Morgan fingerprint density at radius 3 is 2.71 bits per heavy atom. The summed E-state index contributed by atoms with van der Waals surface area (Å²) in [5, 5.41) is 2.88. The summed E-state index contributed by atoms with van der Waals surface area (Å²) in [6, 6.07) is 0. The molecule has 0 saturated heterocycles. The molecule has 80 valence electrons. The zero-order chi connectivity index (χ0) is 10.4. The van der Waals surface area contributed by atoms with E-state index in [-0.39, 0.29) is 5.91 Å². The number of hydrogen-bond acceptors (Lipinski definition) is 2. The highest BCUT2D eigenvalue weighted by molar-refractivity contribution is 7.80. The summed E-state index contributed by atoms with van der Waals surface area (Å²) >= 11 is 4.74. The molecule has 14 heavy (non-hydrogen) atoms. The van der Waals surface area contributed by atoms with Crippen LogP contribution >= 0.6 is 12.2 Å². The molecular formula is C10H18N2OS. The van der Waals surface area contributed by atoms with E-state index in [4.69, 9.17) is 18.0 Å². The Morgan fingerprint density at radius 2 is 2.21 bits per heavy atom. The molecule has 0 radical (unpaired) electrons. The molecule has 0 aromatic carbocycles. The van der Waals surface area contributed by atoms with Crippen LogP contribution in [0.3, 0.4) is 0 Å². The first-order valence-electron chi connectivity index (χ1n) is 5.23. The van der Waals surface area contributed by atoms with Crippen LogP contribution in [-0.4, -0.2) is 17.4 Å². The second-order valence-electron chi connectivity index (χ2n) is 3.92. The second kappa shape index (κ2) is 5.96. The van der Waals surface area contributed by atoms with Gasteiger partial charge in [-0.2, -0.15) is 0 Å². The van der Waals surface area contributed by atoms with Gasteiger partial charge in [-0.05, 0) is 31.6 Å². The van der Waals surface area contributed by atoms with Crippen LogP contribution in [0.4, 0.5) is 0 Å². The smallest absolute Gasteiger partial charge is 0.220 e. The van der Waals surface area contributed by atoms with Crippen LogP contribution < -0.4 is 11.1 Å². The van der Waals surface area contributed by atoms with Gasteiger partial charge in [-0.25, -0.2) is 0 Å². The van der Waals surface area contributed by atoms with Crippen LogP contribution in [0.1, 0.15) is 38.5 Å². The number of carbonyl (C=O) groups excluding carboxylic acids is 1. The van der Waals surface area contributed by atoms with Gasteiger partial charge >= 0.3 is 0 Å². The summed E-state index contributed by atoms with van der Waals surface area (Å²) in [5.74, 6) is 0.822. The summed E-state index contributed by atoms with van der Waals surface area (Å²) in [4.78, 5) is 11.8. The third-order valence-electron chi connectivity index (χ3n) is 2.62. The molecular weight excluding hydrogens is 196 g/mol. The number of nitrogens with two attached hydrogens (primary N) is 1. The van der Waals surface area contributed by atoms with Crippen molar-refractivity contribution in [3.05, 3.63) is 0 Å². The van der Waals surface area contributed by atoms with Crippen LogP contribution in [0.15, 0.2) is 0 Å². The molecule has 0 aromatic rings. The predicted octanol–water partition coefficient (Wildman–Crippen LogP) is 1.36. The minimum Gasteiger partial charge on any atom is -0.393 e. The topological polar surface area (TPSA) is 55.1 Å². The summed E-state index contributed by atoms with van der Waals surface area (Å²) < 4.78 is 0. The molecule has 0 aromatic heterocycles. The highest BCUT2D eigenvalue weighted by Crippen LogP contribution is 2.28. The molecule has 1 saturated carbocycles. The normalized spacial score (nSPS) is 16.0. The molecule has 1 amide bonds. The Kier molecular flexibility index (Phi) is 4.87.